The summed E-state index contributed by atoms with van der Waals surface area (Å²) < 4.78 is 5.65. The fraction of sp³-hybridized carbons (Fsp3) is 0.550. The van der Waals surface area contributed by atoms with Crippen LogP contribution in [0.1, 0.15) is 38.2 Å². The molecule has 1 aromatic heterocycles. The Morgan fingerprint density at radius 2 is 1.79 bits per heavy atom. The SMILES string of the molecule is CC1CCN(c2c(CN3CCCC3)c(=O)oc3ccccc23)CC1. The Kier molecular flexibility index (Phi) is 4.31. The highest BCUT2D eigenvalue weighted by atomic mass is 16.4. The van der Waals surface area contributed by atoms with Crippen molar-refractivity contribution in [2.24, 2.45) is 5.92 Å². The third-order valence-electron chi connectivity index (χ3n) is 5.56. The normalized spacial score (nSPS) is 20.1. The van der Waals surface area contributed by atoms with Gasteiger partial charge < -0.3 is 9.32 Å². The molecule has 4 rings (SSSR count). The van der Waals surface area contributed by atoms with Crippen molar-refractivity contribution in [1.29, 1.82) is 0 Å². The van der Waals surface area contributed by atoms with Crippen LogP contribution in [0, 0.1) is 5.92 Å². The standard InChI is InChI=1S/C20H26N2O2/c1-15-8-12-22(13-9-15)19-16-6-2-3-7-18(16)24-20(23)17(19)14-21-10-4-5-11-21/h2-3,6-7,15H,4-5,8-14H2,1H3. The molecule has 3 heterocycles. The summed E-state index contributed by atoms with van der Waals surface area (Å²) >= 11 is 0. The van der Waals surface area contributed by atoms with Crippen molar-refractivity contribution >= 4 is 16.7 Å². The number of para-hydroxylation sites is 1. The van der Waals surface area contributed by atoms with Crippen LogP contribution in [-0.4, -0.2) is 31.1 Å². The monoisotopic (exact) mass is 326 g/mol. The molecule has 24 heavy (non-hydrogen) atoms. The van der Waals surface area contributed by atoms with Crippen molar-refractivity contribution in [2.75, 3.05) is 31.1 Å². The third kappa shape index (κ3) is 2.95. The first-order valence-electron chi connectivity index (χ1n) is 9.24. The van der Waals surface area contributed by atoms with E-state index in [0.717, 1.165) is 48.7 Å². The minimum atomic E-state index is -0.158. The van der Waals surface area contributed by atoms with Crippen LogP contribution in [0.25, 0.3) is 11.0 Å². The van der Waals surface area contributed by atoms with Gasteiger partial charge in [-0.25, -0.2) is 4.79 Å². The zero-order valence-electron chi connectivity index (χ0n) is 14.5. The highest BCUT2D eigenvalue weighted by Crippen LogP contribution is 2.33. The summed E-state index contributed by atoms with van der Waals surface area (Å²) in [6.45, 7) is 7.27. The molecule has 128 valence electrons. The van der Waals surface area contributed by atoms with Gasteiger partial charge in [0, 0.05) is 25.0 Å². The second-order valence-corrected chi connectivity index (χ2v) is 7.37. The van der Waals surface area contributed by atoms with Crippen LogP contribution in [-0.2, 0) is 6.54 Å². The van der Waals surface area contributed by atoms with E-state index in [1.807, 2.05) is 18.2 Å². The van der Waals surface area contributed by atoms with E-state index in [1.54, 1.807) is 0 Å². The lowest BCUT2D eigenvalue weighted by molar-refractivity contribution is 0.325. The molecule has 1 aromatic carbocycles. The molecule has 0 radical (unpaired) electrons. The summed E-state index contributed by atoms with van der Waals surface area (Å²) in [5.74, 6) is 0.773. The Bertz CT molecular complexity index is 769. The molecule has 4 heteroatoms. The van der Waals surface area contributed by atoms with Gasteiger partial charge in [-0.15, -0.1) is 0 Å². The van der Waals surface area contributed by atoms with Crippen LogP contribution < -0.4 is 10.5 Å². The van der Waals surface area contributed by atoms with Crippen LogP contribution in [0.2, 0.25) is 0 Å². The van der Waals surface area contributed by atoms with Crippen LogP contribution in [0.15, 0.2) is 33.5 Å². The number of hydrogen-bond donors (Lipinski definition) is 0. The zero-order valence-corrected chi connectivity index (χ0v) is 14.5. The number of piperidine rings is 1. The molecule has 0 bridgehead atoms. The van der Waals surface area contributed by atoms with Gasteiger partial charge in [0.1, 0.15) is 5.58 Å². The topological polar surface area (TPSA) is 36.7 Å². The Morgan fingerprint density at radius 3 is 2.54 bits per heavy atom. The first-order valence-corrected chi connectivity index (χ1v) is 9.24. The van der Waals surface area contributed by atoms with E-state index in [0.29, 0.717) is 12.1 Å². The minimum absolute atomic E-state index is 0.158. The van der Waals surface area contributed by atoms with Crippen LogP contribution in [0.4, 0.5) is 5.69 Å². The van der Waals surface area contributed by atoms with E-state index in [1.165, 1.54) is 25.7 Å². The summed E-state index contributed by atoms with van der Waals surface area (Å²) in [5, 5.41) is 1.08. The van der Waals surface area contributed by atoms with Crippen molar-refractivity contribution in [3.05, 3.63) is 40.2 Å². The minimum Gasteiger partial charge on any atom is -0.422 e. The van der Waals surface area contributed by atoms with Crippen molar-refractivity contribution in [3.63, 3.8) is 0 Å². The molecule has 0 unspecified atom stereocenters. The zero-order chi connectivity index (χ0) is 16.5. The lowest BCUT2D eigenvalue weighted by Crippen LogP contribution is -2.35. The van der Waals surface area contributed by atoms with Crippen molar-refractivity contribution in [2.45, 2.75) is 39.2 Å². The molecule has 2 aliphatic rings. The number of likely N-dealkylation sites (tertiary alicyclic amines) is 1. The molecule has 2 fully saturated rings. The summed E-state index contributed by atoms with van der Waals surface area (Å²) in [4.78, 5) is 17.5. The van der Waals surface area contributed by atoms with E-state index in [9.17, 15) is 4.79 Å². The quantitative estimate of drug-likeness (QED) is 0.807. The molecule has 0 amide bonds. The molecule has 2 saturated heterocycles. The van der Waals surface area contributed by atoms with E-state index < -0.39 is 0 Å². The summed E-state index contributed by atoms with van der Waals surface area (Å²) in [6, 6.07) is 7.98. The molecule has 0 atom stereocenters. The first-order chi connectivity index (χ1) is 11.7. The van der Waals surface area contributed by atoms with Gasteiger partial charge in [-0.1, -0.05) is 19.1 Å². The molecule has 4 nitrogen and oxygen atoms in total. The second-order valence-electron chi connectivity index (χ2n) is 7.37. The lowest BCUT2D eigenvalue weighted by Gasteiger charge is -2.34. The fourth-order valence-electron chi connectivity index (χ4n) is 4.07. The maximum atomic E-state index is 12.7. The maximum absolute atomic E-state index is 12.7. The van der Waals surface area contributed by atoms with Gasteiger partial charge in [0.2, 0.25) is 0 Å². The average molecular weight is 326 g/mol. The third-order valence-corrected chi connectivity index (χ3v) is 5.56. The second kappa shape index (κ2) is 6.60. The highest BCUT2D eigenvalue weighted by molar-refractivity contribution is 5.92. The number of hydrogen-bond acceptors (Lipinski definition) is 4. The van der Waals surface area contributed by atoms with Gasteiger partial charge in [-0.05, 0) is 56.8 Å². The largest absolute Gasteiger partial charge is 0.422 e. The average Bonchev–Trinajstić information content (AvgIpc) is 3.10. The molecule has 0 saturated carbocycles. The number of fused-ring (bicyclic) bond motifs is 1. The maximum Gasteiger partial charge on any atom is 0.342 e. The van der Waals surface area contributed by atoms with E-state index in [2.05, 4.69) is 22.8 Å². The molecule has 0 N–H and O–H groups in total. The molecule has 0 spiro atoms. The van der Waals surface area contributed by atoms with Gasteiger partial charge >= 0.3 is 5.63 Å². The first kappa shape index (κ1) is 15.7. The summed E-state index contributed by atoms with van der Waals surface area (Å²) in [5.41, 5.74) is 2.53. The predicted molar refractivity (Wildman–Crippen MR) is 97.6 cm³/mol. The van der Waals surface area contributed by atoms with Gasteiger partial charge in [-0.3, -0.25) is 4.90 Å². The molecule has 2 aromatic rings. The van der Waals surface area contributed by atoms with Gasteiger partial charge in [0.15, 0.2) is 0 Å². The van der Waals surface area contributed by atoms with Crippen LogP contribution >= 0.6 is 0 Å². The summed E-state index contributed by atoms with van der Waals surface area (Å²) in [7, 11) is 0. The van der Waals surface area contributed by atoms with E-state index in [-0.39, 0.29) is 5.63 Å². The number of rotatable bonds is 3. The van der Waals surface area contributed by atoms with E-state index in [4.69, 9.17) is 4.42 Å². The van der Waals surface area contributed by atoms with Gasteiger partial charge in [-0.2, -0.15) is 0 Å². The Hall–Kier alpha value is -1.81. The van der Waals surface area contributed by atoms with Crippen molar-refractivity contribution in [3.8, 4) is 0 Å². The Morgan fingerprint density at radius 1 is 1.08 bits per heavy atom. The number of nitrogens with zero attached hydrogens (tertiary/aromatic N) is 2. The Balaban J connectivity index is 1.81. The smallest absolute Gasteiger partial charge is 0.342 e. The number of anilines is 1. The lowest BCUT2D eigenvalue weighted by atomic mass is 9.97. The van der Waals surface area contributed by atoms with Crippen molar-refractivity contribution < 1.29 is 4.42 Å². The highest BCUT2D eigenvalue weighted by Gasteiger charge is 2.25. The van der Waals surface area contributed by atoms with Crippen LogP contribution in [0.5, 0.6) is 0 Å². The Labute approximate surface area is 143 Å². The molecule has 2 aliphatic heterocycles. The van der Waals surface area contributed by atoms with Crippen LogP contribution in [0.3, 0.4) is 0 Å². The predicted octanol–water partition coefficient (Wildman–Crippen LogP) is 3.63. The van der Waals surface area contributed by atoms with E-state index >= 15 is 0 Å². The molecular weight excluding hydrogens is 300 g/mol. The van der Waals surface area contributed by atoms with Gasteiger partial charge in [0.25, 0.3) is 0 Å². The number of benzene rings is 1. The molecular formula is C20H26N2O2. The van der Waals surface area contributed by atoms with Crippen molar-refractivity contribution in [1.82, 2.24) is 4.90 Å². The summed E-state index contributed by atoms with van der Waals surface area (Å²) in [6.07, 6.45) is 4.85. The molecule has 0 aliphatic carbocycles. The fourth-order valence-corrected chi connectivity index (χ4v) is 4.07. The van der Waals surface area contributed by atoms with Gasteiger partial charge in [0.05, 0.1) is 11.3 Å².